The van der Waals surface area contributed by atoms with E-state index in [1.54, 1.807) is 11.1 Å². The summed E-state index contributed by atoms with van der Waals surface area (Å²) in [5, 5.41) is 0. The highest BCUT2D eigenvalue weighted by Crippen LogP contribution is 2.27. The summed E-state index contributed by atoms with van der Waals surface area (Å²) in [6.07, 6.45) is 9.95. The van der Waals surface area contributed by atoms with E-state index in [9.17, 15) is 9.59 Å². The van der Waals surface area contributed by atoms with Crippen LogP contribution in [0.5, 0.6) is 0 Å². The molecule has 1 atom stereocenters. The molecule has 0 aromatic carbocycles. The third-order valence-corrected chi connectivity index (χ3v) is 5.52. The Labute approximate surface area is 150 Å². The number of hydrogen-bond acceptors (Lipinski definition) is 3. The number of likely N-dealkylation sites (tertiary alicyclic amines) is 1. The van der Waals surface area contributed by atoms with Crippen LogP contribution in [0.15, 0.2) is 24.4 Å². The molecular weight excluding hydrogens is 314 g/mol. The van der Waals surface area contributed by atoms with Gasteiger partial charge in [0.15, 0.2) is 0 Å². The SMILES string of the molecule is CCC(C(=O)N(CC1CCCCC1)c1ccccn1)N1CCCC1=O. The average molecular weight is 343 g/mol. The van der Waals surface area contributed by atoms with Crippen molar-refractivity contribution in [2.45, 2.75) is 64.3 Å². The van der Waals surface area contributed by atoms with Gasteiger partial charge in [-0.05, 0) is 43.7 Å². The van der Waals surface area contributed by atoms with Crippen molar-refractivity contribution in [1.82, 2.24) is 9.88 Å². The highest BCUT2D eigenvalue weighted by molar-refractivity contribution is 5.98. The summed E-state index contributed by atoms with van der Waals surface area (Å²) in [6.45, 7) is 3.41. The molecule has 2 aliphatic rings. The molecule has 0 bridgehead atoms. The molecule has 1 aliphatic heterocycles. The Balaban J connectivity index is 1.81. The molecule has 5 heteroatoms. The maximum Gasteiger partial charge on any atom is 0.250 e. The second-order valence-corrected chi connectivity index (χ2v) is 7.26. The fourth-order valence-corrected chi connectivity index (χ4v) is 4.14. The number of aromatic nitrogens is 1. The number of anilines is 1. The summed E-state index contributed by atoms with van der Waals surface area (Å²) in [5.41, 5.74) is 0. The van der Waals surface area contributed by atoms with Crippen LogP contribution in [-0.4, -0.2) is 40.8 Å². The molecule has 1 saturated heterocycles. The fourth-order valence-electron chi connectivity index (χ4n) is 4.14. The topological polar surface area (TPSA) is 53.5 Å². The van der Waals surface area contributed by atoms with Gasteiger partial charge in [-0.1, -0.05) is 32.3 Å². The van der Waals surface area contributed by atoms with Crippen LogP contribution >= 0.6 is 0 Å². The van der Waals surface area contributed by atoms with Gasteiger partial charge in [-0.25, -0.2) is 4.98 Å². The second-order valence-electron chi connectivity index (χ2n) is 7.26. The van der Waals surface area contributed by atoms with Crippen LogP contribution < -0.4 is 4.90 Å². The Morgan fingerprint density at radius 1 is 1.28 bits per heavy atom. The molecule has 2 amide bonds. The van der Waals surface area contributed by atoms with Gasteiger partial charge in [-0.15, -0.1) is 0 Å². The first kappa shape index (κ1) is 17.9. The number of nitrogens with zero attached hydrogens (tertiary/aromatic N) is 3. The van der Waals surface area contributed by atoms with E-state index in [1.807, 2.05) is 30.0 Å². The zero-order chi connectivity index (χ0) is 17.6. The van der Waals surface area contributed by atoms with Crippen LogP contribution in [0.25, 0.3) is 0 Å². The third-order valence-electron chi connectivity index (χ3n) is 5.52. The maximum absolute atomic E-state index is 13.4. The van der Waals surface area contributed by atoms with Gasteiger partial charge in [0.25, 0.3) is 5.91 Å². The normalized spacial score (nSPS) is 19.9. The summed E-state index contributed by atoms with van der Waals surface area (Å²) >= 11 is 0. The Kier molecular flexibility index (Phi) is 6.05. The number of carbonyl (C=O) groups is 2. The van der Waals surface area contributed by atoms with Crippen molar-refractivity contribution in [1.29, 1.82) is 0 Å². The van der Waals surface area contributed by atoms with Crippen LogP contribution in [0.4, 0.5) is 5.82 Å². The summed E-state index contributed by atoms with van der Waals surface area (Å²) in [6, 6.07) is 5.33. The number of carbonyl (C=O) groups excluding carboxylic acids is 2. The maximum atomic E-state index is 13.4. The molecule has 0 N–H and O–H groups in total. The van der Waals surface area contributed by atoms with Crippen molar-refractivity contribution in [3.05, 3.63) is 24.4 Å². The van der Waals surface area contributed by atoms with Crippen LogP contribution in [-0.2, 0) is 9.59 Å². The minimum atomic E-state index is -0.361. The molecule has 1 saturated carbocycles. The van der Waals surface area contributed by atoms with Crippen LogP contribution in [0.3, 0.4) is 0 Å². The Hall–Kier alpha value is -1.91. The standard InChI is InChI=1S/C20H29N3O2/c1-2-17(22-14-8-12-19(22)24)20(25)23(18-11-6-7-13-21-18)15-16-9-4-3-5-10-16/h6-7,11,13,16-17H,2-5,8-10,12,14-15H2,1H3. The van der Waals surface area contributed by atoms with Gasteiger partial charge in [0.1, 0.15) is 11.9 Å². The molecule has 0 radical (unpaired) electrons. The summed E-state index contributed by atoms with van der Waals surface area (Å²) in [4.78, 5) is 33.6. The average Bonchev–Trinajstić information content (AvgIpc) is 3.07. The predicted octanol–water partition coefficient (Wildman–Crippen LogP) is 3.40. The molecule has 3 rings (SSSR count). The lowest BCUT2D eigenvalue weighted by Gasteiger charge is -2.34. The minimum Gasteiger partial charge on any atom is -0.331 e. The van der Waals surface area contributed by atoms with Crippen molar-refractivity contribution in [2.24, 2.45) is 5.92 Å². The molecule has 1 aromatic rings. The summed E-state index contributed by atoms with van der Waals surface area (Å²) in [5.74, 6) is 1.38. The Morgan fingerprint density at radius 3 is 2.68 bits per heavy atom. The molecule has 1 aromatic heterocycles. The first-order chi connectivity index (χ1) is 12.2. The Morgan fingerprint density at radius 2 is 2.08 bits per heavy atom. The van der Waals surface area contributed by atoms with Crippen molar-refractivity contribution in [2.75, 3.05) is 18.0 Å². The smallest absolute Gasteiger partial charge is 0.250 e. The van der Waals surface area contributed by atoms with Gasteiger partial charge in [0, 0.05) is 25.7 Å². The van der Waals surface area contributed by atoms with E-state index in [2.05, 4.69) is 4.98 Å². The highest BCUT2D eigenvalue weighted by atomic mass is 16.2. The number of hydrogen-bond donors (Lipinski definition) is 0. The summed E-state index contributed by atoms with van der Waals surface area (Å²) < 4.78 is 0. The van der Waals surface area contributed by atoms with Crippen LogP contribution in [0.1, 0.15) is 58.3 Å². The zero-order valence-corrected chi connectivity index (χ0v) is 15.2. The van der Waals surface area contributed by atoms with E-state index in [0.29, 0.717) is 37.7 Å². The van der Waals surface area contributed by atoms with E-state index in [-0.39, 0.29) is 17.9 Å². The van der Waals surface area contributed by atoms with E-state index in [0.717, 1.165) is 6.42 Å². The van der Waals surface area contributed by atoms with Crippen LogP contribution in [0.2, 0.25) is 0 Å². The second kappa shape index (κ2) is 8.45. The highest BCUT2D eigenvalue weighted by Gasteiger charge is 2.35. The van der Waals surface area contributed by atoms with Crippen molar-refractivity contribution >= 4 is 17.6 Å². The molecule has 25 heavy (non-hydrogen) atoms. The Bertz CT molecular complexity index is 584. The lowest BCUT2D eigenvalue weighted by Crippen LogP contribution is -2.50. The predicted molar refractivity (Wildman–Crippen MR) is 98.2 cm³/mol. The first-order valence-corrected chi connectivity index (χ1v) is 9.72. The molecule has 2 heterocycles. The zero-order valence-electron chi connectivity index (χ0n) is 15.2. The minimum absolute atomic E-state index is 0.0297. The molecule has 5 nitrogen and oxygen atoms in total. The van der Waals surface area contributed by atoms with Crippen LogP contribution in [0, 0.1) is 5.92 Å². The van der Waals surface area contributed by atoms with Gasteiger partial charge in [0.05, 0.1) is 0 Å². The van der Waals surface area contributed by atoms with Gasteiger partial charge >= 0.3 is 0 Å². The molecule has 0 spiro atoms. The van der Waals surface area contributed by atoms with Crippen molar-refractivity contribution in [3.8, 4) is 0 Å². The van der Waals surface area contributed by atoms with Crippen molar-refractivity contribution < 1.29 is 9.59 Å². The van der Waals surface area contributed by atoms with Crippen molar-refractivity contribution in [3.63, 3.8) is 0 Å². The summed E-state index contributed by atoms with van der Waals surface area (Å²) in [7, 11) is 0. The monoisotopic (exact) mass is 343 g/mol. The largest absolute Gasteiger partial charge is 0.331 e. The fraction of sp³-hybridized carbons (Fsp3) is 0.650. The number of rotatable bonds is 6. The lowest BCUT2D eigenvalue weighted by molar-refractivity contribution is -0.136. The van der Waals surface area contributed by atoms with Gasteiger partial charge < -0.3 is 4.90 Å². The van der Waals surface area contributed by atoms with Gasteiger partial charge in [0.2, 0.25) is 5.91 Å². The van der Waals surface area contributed by atoms with E-state index < -0.39 is 0 Å². The molecule has 2 fully saturated rings. The quantitative estimate of drug-likeness (QED) is 0.795. The first-order valence-electron chi connectivity index (χ1n) is 9.72. The molecule has 1 unspecified atom stereocenters. The molecule has 1 aliphatic carbocycles. The third kappa shape index (κ3) is 4.20. The molecule has 136 valence electrons. The van der Waals surface area contributed by atoms with E-state index >= 15 is 0 Å². The van der Waals surface area contributed by atoms with Gasteiger partial charge in [-0.3, -0.25) is 14.5 Å². The van der Waals surface area contributed by atoms with Gasteiger partial charge in [-0.2, -0.15) is 0 Å². The number of pyridine rings is 1. The van der Waals surface area contributed by atoms with E-state index in [4.69, 9.17) is 0 Å². The molecular formula is C20H29N3O2. The van der Waals surface area contributed by atoms with E-state index in [1.165, 1.54) is 32.1 Å². The lowest BCUT2D eigenvalue weighted by atomic mass is 9.88. The number of amides is 2.